The number of aryl methyl sites for hydroxylation is 3. The first-order valence-electron chi connectivity index (χ1n) is 6.95. The molecule has 0 aliphatic rings. The van der Waals surface area contributed by atoms with Gasteiger partial charge >= 0.3 is 0 Å². The van der Waals surface area contributed by atoms with Gasteiger partial charge in [-0.2, -0.15) is 0 Å². The van der Waals surface area contributed by atoms with E-state index in [4.69, 9.17) is 0 Å². The van der Waals surface area contributed by atoms with E-state index in [1.54, 1.807) is 12.4 Å². The Morgan fingerprint density at radius 2 is 1.55 bits per heavy atom. The number of aromatic nitrogens is 4. The summed E-state index contributed by atoms with van der Waals surface area (Å²) in [6.07, 6.45) is 4.52. The van der Waals surface area contributed by atoms with E-state index in [-0.39, 0.29) is 0 Å². The molecule has 0 unspecified atom stereocenters. The zero-order valence-electron chi connectivity index (χ0n) is 12.6. The van der Waals surface area contributed by atoms with E-state index < -0.39 is 0 Å². The molecule has 0 aliphatic heterocycles. The van der Waals surface area contributed by atoms with Crippen molar-refractivity contribution in [3.8, 4) is 11.6 Å². The van der Waals surface area contributed by atoms with Gasteiger partial charge in [-0.25, -0.2) is 19.9 Å². The molecule has 20 heavy (non-hydrogen) atoms. The average molecular weight is 271 g/mol. The van der Waals surface area contributed by atoms with E-state index in [2.05, 4.69) is 32.2 Å². The molecule has 0 radical (unpaired) electrons. The quantitative estimate of drug-likeness (QED) is 0.843. The van der Waals surface area contributed by atoms with E-state index in [1.165, 1.54) is 5.56 Å². The van der Waals surface area contributed by atoms with Gasteiger partial charge in [0.15, 0.2) is 11.6 Å². The Bertz CT molecular complexity index is 554. The number of hydrogen-bond donors (Lipinski definition) is 1. The van der Waals surface area contributed by atoms with Gasteiger partial charge in [-0.05, 0) is 51.4 Å². The molecule has 0 spiro atoms. The van der Waals surface area contributed by atoms with E-state index >= 15 is 0 Å². The second-order valence-corrected chi connectivity index (χ2v) is 4.88. The third-order valence-corrected chi connectivity index (χ3v) is 3.20. The molecular weight excluding hydrogens is 250 g/mol. The minimum absolute atomic E-state index is 0.583. The van der Waals surface area contributed by atoms with Crippen LogP contribution in [0.25, 0.3) is 11.6 Å². The number of rotatable bonds is 5. The minimum Gasteiger partial charge on any atom is -0.317 e. The van der Waals surface area contributed by atoms with E-state index in [1.807, 2.05) is 20.8 Å². The highest BCUT2D eigenvalue weighted by atomic mass is 15.0. The van der Waals surface area contributed by atoms with Crippen LogP contribution in [0, 0.1) is 20.8 Å². The normalized spacial score (nSPS) is 10.8. The molecule has 106 valence electrons. The Labute approximate surface area is 119 Å². The monoisotopic (exact) mass is 271 g/mol. The van der Waals surface area contributed by atoms with Crippen molar-refractivity contribution in [3.63, 3.8) is 0 Å². The first kappa shape index (κ1) is 14.5. The van der Waals surface area contributed by atoms with Crippen LogP contribution in [0.15, 0.2) is 12.4 Å². The highest BCUT2D eigenvalue weighted by molar-refractivity contribution is 5.45. The fourth-order valence-corrected chi connectivity index (χ4v) is 2.10. The molecule has 0 saturated heterocycles. The molecule has 2 aromatic heterocycles. The van der Waals surface area contributed by atoms with Crippen LogP contribution in [-0.4, -0.2) is 33.0 Å². The summed E-state index contributed by atoms with van der Waals surface area (Å²) in [7, 11) is 0. The molecular formula is C15H21N5. The summed E-state index contributed by atoms with van der Waals surface area (Å²) in [6.45, 7) is 10.0. The Kier molecular flexibility index (Phi) is 4.74. The molecule has 0 atom stereocenters. The maximum absolute atomic E-state index is 4.55. The van der Waals surface area contributed by atoms with Crippen molar-refractivity contribution in [2.75, 3.05) is 13.1 Å². The van der Waals surface area contributed by atoms with Gasteiger partial charge in [0, 0.05) is 23.8 Å². The van der Waals surface area contributed by atoms with Crippen LogP contribution in [0.1, 0.15) is 29.4 Å². The minimum atomic E-state index is 0.583. The zero-order chi connectivity index (χ0) is 14.5. The van der Waals surface area contributed by atoms with Gasteiger partial charge in [0.1, 0.15) is 0 Å². The van der Waals surface area contributed by atoms with E-state index in [9.17, 15) is 0 Å². The molecule has 5 heteroatoms. The lowest BCUT2D eigenvalue weighted by atomic mass is 10.1. The van der Waals surface area contributed by atoms with Gasteiger partial charge in [-0.15, -0.1) is 0 Å². The van der Waals surface area contributed by atoms with Gasteiger partial charge < -0.3 is 5.32 Å². The van der Waals surface area contributed by atoms with Gasteiger partial charge in [-0.1, -0.05) is 6.92 Å². The van der Waals surface area contributed by atoms with Gasteiger partial charge in [0.05, 0.1) is 0 Å². The maximum Gasteiger partial charge on any atom is 0.198 e. The SMILES string of the molecule is CCNCCc1c(C)nc(-c2ncc(C)cn2)nc1C. The number of hydrogen-bond acceptors (Lipinski definition) is 5. The third kappa shape index (κ3) is 3.36. The molecule has 0 aliphatic carbocycles. The van der Waals surface area contributed by atoms with Crippen LogP contribution >= 0.6 is 0 Å². The van der Waals surface area contributed by atoms with Crippen molar-refractivity contribution in [2.24, 2.45) is 0 Å². The fraction of sp³-hybridized carbons (Fsp3) is 0.467. The first-order chi connectivity index (χ1) is 9.61. The van der Waals surface area contributed by atoms with Crippen molar-refractivity contribution in [3.05, 3.63) is 34.9 Å². The largest absolute Gasteiger partial charge is 0.317 e. The molecule has 0 saturated carbocycles. The lowest BCUT2D eigenvalue weighted by molar-refractivity contribution is 0.708. The third-order valence-electron chi connectivity index (χ3n) is 3.20. The van der Waals surface area contributed by atoms with Crippen LogP contribution in [-0.2, 0) is 6.42 Å². The predicted molar refractivity (Wildman–Crippen MR) is 79.5 cm³/mol. The van der Waals surface area contributed by atoms with Gasteiger partial charge in [0.2, 0.25) is 0 Å². The Hall–Kier alpha value is -1.88. The van der Waals surface area contributed by atoms with Crippen molar-refractivity contribution in [1.82, 2.24) is 25.3 Å². The topological polar surface area (TPSA) is 63.6 Å². The molecule has 2 heterocycles. The maximum atomic E-state index is 4.55. The molecule has 2 aromatic rings. The van der Waals surface area contributed by atoms with E-state index in [0.717, 1.165) is 36.5 Å². The highest BCUT2D eigenvalue weighted by Gasteiger charge is 2.11. The summed E-state index contributed by atoms with van der Waals surface area (Å²) in [5.74, 6) is 1.19. The Morgan fingerprint density at radius 3 is 2.10 bits per heavy atom. The van der Waals surface area contributed by atoms with Crippen LogP contribution < -0.4 is 5.32 Å². The van der Waals surface area contributed by atoms with Gasteiger partial charge in [-0.3, -0.25) is 0 Å². The summed E-state index contributed by atoms with van der Waals surface area (Å²) < 4.78 is 0. The number of nitrogens with zero attached hydrogens (tertiary/aromatic N) is 4. The molecule has 5 nitrogen and oxygen atoms in total. The van der Waals surface area contributed by atoms with Crippen LogP contribution in [0.3, 0.4) is 0 Å². The number of nitrogens with one attached hydrogen (secondary N) is 1. The van der Waals surface area contributed by atoms with Gasteiger partial charge in [0.25, 0.3) is 0 Å². The summed E-state index contributed by atoms with van der Waals surface area (Å²) in [6, 6.07) is 0. The predicted octanol–water partition coefficient (Wildman–Crippen LogP) is 2.01. The average Bonchev–Trinajstić information content (AvgIpc) is 2.42. The second kappa shape index (κ2) is 6.52. The summed E-state index contributed by atoms with van der Waals surface area (Å²) in [4.78, 5) is 17.7. The standard InChI is InChI=1S/C15H21N5/c1-5-16-7-6-13-11(3)19-15(20-12(13)4)14-17-8-10(2)9-18-14/h8-9,16H,5-7H2,1-4H3. The van der Waals surface area contributed by atoms with Crippen LogP contribution in [0.4, 0.5) is 0 Å². The van der Waals surface area contributed by atoms with Crippen molar-refractivity contribution in [2.45, 2.75) is 34.1 Å². The second-order valence-electron chi connectivity index (χ2n) is 4.88. The van der Waals surface area contributed by atoms with Crippen LogP contribution in [0.5, 0.6) is 0 Å². The zero-order valence-corrected chi connectivity index (χ0v) is 12.6. The molecule has 1 N–H and O–H groups in total. The molecule has 0 aromatic carbocycles. The Morgan fingerprint density at radius 1 is 0.950 bits per heavy atom. The fourth-order valence-electron chi connectivity index (χ4n) is 2.10. The molecule has 0 bridgehead atoms. The molecule has 0 amide bonds. The summed E-state index contributed by atoms with van der Waals surface area (Å²) >= 11 is 0. The lowest BCUT2D eigenvalue weighted by Crippen LogP contribution is -2.18. The Balaban J connectivity index is 2.27. The molecule has 2 rings (SSSR count). The lowest BCUT2D eigenvalue weighted by Gasteiger charge is -2.10. The van der Waals surface area contributed by atoms with Crippen molar-refractivity contribution >= 4 is 0 Å². The first-order valence-corrected chi connectivity index (χ1v) is 6.95. The molecule has 0 fully saturated rings. The highest BCUT2D eigenvalue weighted by Crippen LogP contribution is 2.16. The summed E-state index contributed by atoms with van der Waals surface area (Å²) in [5.41, 5.74) is 4.26. The van der Waals surface area contributed by atoms with Crippen molar-refractivity contribution < 1.29 is 0 Å². The summed E-state index contributed by atoms with van der Waals surface area (Å²) in [5, 5.41) is 3.32. The smallest absolute Gasteiger partial charge is 0.198 e. The van der Waals surface area contributed by atoms with Crippen LogP contribution in [0.2, 0.25) is 0 Å². The van der Waals surface area contributed by atoms with Crippen molar-refractivity contribution in [1.29, 1.82) is 0 Å². The van der Waals surface area contributed by atoms with E-state index in [0.29, 0.717) is 11.6 Å². The number of likely N-dealkylation sites (N-methyl/N-ethyl adjacent to an activating group) is 1.